The van der Waals surface area contributed by atoms with E-state index in [4.69, 9.17) is 4.74 Å². The van der Waals surface area contributed by atoms with E-state index in [0.717, 1.165) is 24.4 Å². The van der Waals surface area contributed by atoms with Crippen molar-refractivity contribution < 1.29 is 9.53 Å². The molecule has 1 unspecified atom stereocenters. The van der Waals surface area contributed by atoms with E-state index in [0.29, 0.717) is 12.5 Å². The van der Waals surface area contributed by atoms with Crippen LogP contribution in [0.5, 0.6) is 5.75 Å². The van der Waals surface area contributed by atoms with Crippen molar-refractivity contribution in [1.82, 2.24) is 10.6 Å². The number of hydrogen-bond acceptors (Lipinski definition) is 3. The fraction of sp³-hybridized carbons (Fsp3) is 0.562. The first-order valence-electron chi connectivity index (χ1n) is 7.31. The summed E-state index contributed by atoms with van der Waals surface area (Å²) >= 11 is 0. The van der Waals surface area contributed by atoms with Crippen LogP contribution in [0.4, 0.5) is 0 Å². The Bertz CT molecular complexity index is 456. The Labute approximate surface area is 120 Å². The molecule has 0 spiro atoms. The number of carbonyl (C=O) groups excluding carboxylic acids is 1. The van der Waals surface area contributed by atoms with Gasteiger partial charge in [-0.15, -0.1) is 0 Å². The Kier molecular flexibility index (Phi) is 5.01. The van der Waals surface area contributed by atoms with E-state index < -0.39 is 0 Å². The summed E-state index contributed by atoms with van der Waals surface area (Å²) in [5, 5.41) is 6.22. The van der Waals surface area contributed by atoms with Crippen molar-refractivity contribution in [3.63, 3.8) is 0 Å². The van der Waals surface area contributed by atoms with Crippen molar-refractivity contribution in [3.8, 4) is 5.75 Å². The highest BCUT2D eigenvalue weighted by Gasteiger charge is 2.28. The van der Waals surface area contributed by atoms with Gasteiger partial charge in [0.1, 0.15) is 5.75 Å². The van der Waals surface area contributed by atoms with Gasteiger partial charge in [0.25, 0.3) is 0 Å². The molecular weight excluding hydrogens is 252 g/mol. The molecule has 0 saturated carbocycles. The van der Waals surface area contributed by atoms with Gasteiger partial charge in [0.05, 0.1) is 6.10 Å². The number of amides is 1. The molecule has 0 aliphatic carbocycles. The third kappa shape index (κ3) is 3.73. The molecule has 1 heterocycles. The van der Waals surface area contributed by atoms with Gasteiger partial charge in [0.2, 0.25) is 5.91 Å². The molecule has 1 atom stereocenters. The molecule has 4 nitrogen and oxygen atoms in total. The van der Waals surface area contributed by atoms with Crippen molar-refractivity contribution in [3.05, 3.63) is 29.8 Å². The van der Waals surface area contributed by atoms with Crippen LogP contribution in [0.2, 0.25) is 0 Å². The van der Waals surface area contributed by atoms with Crippen molar-refractivity contribution >= 4 is 5.91 Å². The maximum atomic E-state index is 12.1. The van der Waals surface area contributed by atoms with E-state index in [-0.39, 0.29) is 17.9 Å². The number of nitrogens with one attached hydrogen (secondary N) is 2. The molecule has 1 fully saturated rings. The number of para-hydroxylation sites is 1. The molecule has 0 aromatic heterocycles. The van der Waals surface area contributed by atoms with Gasteiger partial charge in [-0.2, -0.15) is 0 Å². The summed E-state index contributed by atoms with van der Waals surface area (Å²) in [6.45, 7) is 8.41. The Hall–Kier alpha value is -1.55. The molecule has 1 aliphatic rings. The Morgan fingerprint density at radius 1 is 1.35 bits per heavy atom. The zero-order valence-corrected chi connectivity index (χ0v) is 12.5. The van der Waals surface area contributed by atoms with Gasteiger partial charge in [-0.1, -0.05) is 25.1 Å². The van der Waals surface area contributed by atoms with Crippen LogP contribution in [-0.2, 0) is 11.3 Å². The predicted molar refractivity (Wildman–Crippen MR) is 79.6 cm³/mol. The molecule has 2 rings (SSSR count). The highest BCUT2D eigenvalue weighted by Crippen LogP contribution is 2.20. The van der Waals surface area contributed by atoms with Gasteiger partial charge in [-0.3, -0.25) is 4.79 Å². The smallest absolute Gasteiger partial charge is 0.223 e. The maximum Gasteiger partial charge on any atom is 0.223 e. The highest BCUT2D eigenvalue weighted by molar-refractivity contribution is 5.78. The second-order valence-electron chi connectivity index (χ2n) is 5.70. The molecule has 110 valence electrons. The fourth-order valence-corrected chi connectivity index (χ4v) is 2.24. The lowest BCUT2D eigenvalue weighted by Crippen LogP contribution is -2.49. The van der Waals surface area contributed by atoms with Crippen LogP contribution in [0.15, 0.2) is 24.3 Å². The van der Waals surface area contributed by atoms with Crippen molar-refractivity contribution in [1.29, 1.82) is 0 Å². The lowest BCUT2D eigenvalue weighted by atomic mass is 9.88. The Morgan fingerprint density at radius 2 is 2.05 bits per heavy atom. The van der Waals surface area contributed by atoms with Crippen LogP contribution >= 0.6 is 0 Å². The quantitative estimate of drug-likeness (QED) is 0.835. The summed E-state index contributed by atoms with van der Waals surface area (Å²) < 4.78 is 5.76. The standard InChI is InChI=1S/C16H24N2O2/c1-11(2)20-15-7-5-4-6-13(15)10-18-16(19)12(3)14-8-17-9-14/h4-7,11-12,14,17H,8-10H2,1-3H3,(H,18,19). The number of carbonyl (C=O) groups is 1. The van der Waals surface area contributed by atoms with Gasteiger partial charge < -0.3 is 15.4 Å². The number of hydrogen-bond donors (Lipinski definition) is 2. The zero-order valence-electron chi connectivity index (χ0n) is 12.5. The average Bonchev–Trinajstić information content (AvgIpc) is 2.34. The van der Waals surface area contributed by atoms with E-state index in [9.17, 15) is 4.79 Å². The summed E-state index contributed by atoms with van der Waals surface area (Å²) in [7, 11) is 0. The van der Waals surface area contributed by atoms with Gasteiger partial charge in [0.15, 0.2) is 0 Å². The van der Waals surface area contributed by atoms with Crippen LogP contribution in [0, 0.1) is 11.8 Å². The van der Waals surface area contributed by atoms with Crippen molar-refractivity contribution in [2.24, 2.45) is 11.8 Å². The average molecular weight is 276 g/mol. The maximum absolute atomic E-state index is 12.1. The zero-order chi connectivity index (χ0) is 14.5. The minimum absolute atomic E-state index is 0.0643. The number of ether oxygens (including phenoxy) is 1. The van der Waals surface area contributed by atoms with Gasteiger partial charge >= 0.3 is 0 Å². The van der Waals surface area contributed by atoms with Crippen molar-refractivity contribution in [2.45, 2.75) is 33.4 Å². The van der Waals surface area contributed by atoms with E-state index in [1.54, 1.807) is 0 Å². The molecular formula is C16H24N2O2. The topological polar surface area (TPSA) is 50.4 Å². The monoisotopic (exact) mass is 276 g/mol. The summed E-state index contributed by atoms with van der Waals surface area (Å²) in [5.74, 6) is 1.50. The van der Waals surface area contributed by atoms with E-state index in [1.165, 1.54) is 0 Å². The first kappa shape index (κ1) is 14.9. The van der Waals surface area contributed by atoms with Gasteiger partial charge in [-0.05, 0) is 38.9 Å². The second-order valence-corrected chi connectivity index (χ2v) is 5.70. The van der Waals surface area contributed by atoms with Crippen LogP contribution < -0.4 is 15.4 Å². The molecule has 2 N–H and O–H groups in total. The summed E-state index contributed by atoms with van der Waals surface area (Å²) in [6.07, 6.45) is 0.131. The van der Waals surface area contributed by atoms with E-state index in [2.05, 4.69) is 10.6 Å². The first-order chi connectivity index (χ1) is 9.58. The predicted octanol–water partition coefficient (Wildman–Crippen LogP) is 1.95. The van der Waals surface area contributed by atoms with E-state index >= 15 is 0 Å². The van der Waals surface area contributed by atoms with Gasteiger partial charge in [-0.25, -0.2) is 0 Å². The molecule has 1 saturated heterocycles. The normalized spacial score (nSPS) is 16.6. The largest absolute Gasteiger partial charge is 0.491 e. The molecule has 4 heteroatoms. The van der Waals surface area contributed by atoms with Crippen LogP contribution in [0.1, 0.15) is 26.3 Å². The summed E-state index contributed by atoms with van der Waals surface area (Å²) in [6, 6.07) is 7.86. The molecule has 0 bridgehead atoms. The molecule has 20 heavy (non-hydrogen) atoms. The number of rotatable bonds is 6. The lowest BCUT2D eigenvalue weighted by Gasteiger charge is -2.31. The molecule has 1 aromatic carbocycles. The highest BCUT2D eigenvalue weighted by atomic mass is 16.5. The fourth-order valence-electron chi connectivity index (χ4n) is 2.24. The van der Waals surface area contributed by atoms with Crippen molar-refractivity contribution in [2.75, 3.05) is 13.1 Å². The molecule has 0 radical (unpaired) electrons. The van der Waals surface area contributed by atoms with E-state index in [1.807, 2.05) is 45.0 Å². The van der Waals surface area contributed by atoms with Gasteiger partial charge in [0, 0.05) is 18.0 Å². The Morgan fingerprint density at radius 3 is 2.65 bits per heavy atom. The SMILES string of the molecule is CC(C)Oc1ccccc1CNC(=O)C(C)C1CNC1. The molecule has 1 aliphatic heterocycles. The minimum Gasteiger partial charge on any atom is -0.491 e. The third-order valence-corrected chi connectivity index (χ3v) is 3.72. The number of benzene rings is 1. The second kappa shape index (κ2) is 6.75. The van der Waals surface area contributed by atoms with Crippen LogP contribution in [-0.4, -0.2) is 25.1 Å². The molecule has 1 aromatic rings. The first-order valence-corrected chi connectivity index (χ1v) is 7.31. The minimum atomic E-state index is 0.0643. The van der Waals surface area contributed by atoms with Crippen LogP contribution in [0.3, 0.4) is 0 Å². The lowest BCUT2D eigenvalue weighted by molar-refractivity contribution is -0.126. The van der Waals surface area contributed by atoms with Crippen LogP contribution in [0.25, 0.3) is 0 Å². The third-order valence-electron chi connectivity index (χ3n) is 3.72. The molecule has 1 amide bonds. The Balaban J connectivity index is 1.91. The summed E-state index contributed by atoms with van der Waals surface area (Å²) in [4.78, 5) is 12.1. The summed E-state index contributed by atoms with van der Waals surface area (Å²) in [5.41, 5.74) is 1.02.